The van der Waals surface area contributed by atoms with E-state index in [4.69, 9.17) is 0 Å². The minimum absolute atomic E-state index is 0.0535. The maximum atomic E-state index is 12.2. The molecule has 1 amide bonds. The minimum Gasteiger partial charge on any atom is -0.350 e. The Hall–Kier alpha value is -0.870. The van der Waals surface area contributed by atoms with E-state index in [0.29, 0.717) is 12.5 Å². The van der Waals surface area contributed by atoms with Crippen molar-refractivity contribution in [1.29, 1.82) is 0 Å². The molecule has 0 radical (unpaired) electrons. The van der Waals surface area contributed by atoms with Crippen LogP contribution in [0.4, 0.5) is 0 Å². The third-order valence-corrected chi connectivity index (χ3v) is 5.44. The smallest absolute Gasteiger partial charge is 0.237 e. The Balaban J connectivity index is 1.57. The summed E-state index contributed by atoms with van der Waals surface area (Å²) in [5.41, 5.74) is 1.28. The van der Waals surface area contributed by atoms with Gasteiger partial charge in [0.25, 0.3) is 0 Å². The van der Waals surface area contributed by atoms with Gasteiger partial charge in [0.05, 0.1) is 12.6 Å². The minimum atomic E-state index is 0.0535. The molecule has 1 saturated carbocycles. The molecule has 2 aliphatic rings. The Labute approximate surface area is 112 Å². The van der Waals surface area contributed by atoms with Gasteiger partial charge in [-0.3, -0.25) is 4.79 Å². The van der Waals surface area contributed by atoms with Crippen LogP contribution in [0.5, 0.6) is 0 Å². The fraction of sp³-hybridized carbons (Fsp3) is 0.643. The standard InChI is InChI=1S/C14H20N2OS/c1-9-5-6-18-12(9)8-16-14(17)13-11-4-2-3-10(11)7-15-13/h5-6,10-11,13,15H,2-4,7-8H2,1H3,(H,16,17). The number of fused-ring (bicyclic) bond motifs is 1. The number of hydrogen-bond acceptors (Lipinski definition) is 3. The fourth-order valence-electron chi connectivity index (χ4n) is 3.34. The average Bonchev–Trinajstić information content (AvgIpc) is 3.01. The molecule has 2 N–H and O–H groups in total. The molecule has 1 saturated heterocycles. The van der Waals surface area contributed by atoms with Gasteiger partial charge in [0, 0.05) is 4.88 Å². The third-order valence-electron chi connectivity index (χ3n) is 4.42. The topological polar surface area (TPSA) is 41.1 Å². The molecule has 3 atom stereocenters. The van der Waals surface area contributed by atoms with Crippen LogP contribution < -0.4 is 10.6 Å². The van der Waals surface area contributed by atoms with Crippen LogP contribution in [0.3, 0.4) is 0 Å². The molecule has 98 valence electrons. The number of carbonyl (C=O) groups excluding carboxylic acids is 1. The SMILES string of the molecule is Cc1ccsc1CNC(=O)C1NCC2CCCC21. The molecule has 18 heavy (non-hydrogen) atoms. The summed E-state index contributed by atoms with van der Waals surface area (Å²) in [5.74, 6) is 1.51. The number of aryl methyl sites for hydroxylation is 1. The first-order chi connectivity index (χ1) is 8.75. The maximum Gasteiger partial charge on any atom is 0.237 e. The highest BCUT2D eigenvalue weighted by molar-refractivity contribution is 7.10. The van der Waals surface area contributed by atoms with Crippen molar-refractivity contribution in [2.24, 2.45) is 11.8 Å². The van der Waals surface area contributed by atoms with E-state index in [2.05, 4.69) is 29.0 Å². The zero-order valence-corrected chi connectivity index (χ0v) is 11.6. The average molecular weight is 264 g/mol. The van der Waals surface area contributed by atoms with Crippen molar-refractivity contribution < 1.29 is 4.79 Å². The molecule has 1 aromatic heterocycles. The lowest BCUT2D eigenvalue weighted by atomic mass is 9.93. The molecule has 3 rings (SSSR count). The lowest BCUT2D eigenvalue weighted by Gasteiger charge is -2.17. The van der Waals surface area contributed by atoms with Crippen LogP contribution in [0.1, 0.15) is 29.7 Å². The molecule has 0 spiro atoms. The van der Waals surface area contributed by atoms with Crippen LogP contribution >= 0.6 is 11.3 Å². The summed E-state index contributed by atoms with van der Waals surface area (Å²) in [5, 5.41) is 8.56. The van der Waals surface area contributed by atoms with E-state index in [1.165, 1.54) is 29.7 Å². The number of nitrogens with one attached hydrogen (secondary N) is 2. The van der Waals surface area contributed by atoms with Crippen molar-refractivity contribution in [3.05, 3.63) is 21.9 Å². The maximum absolute atomic E-state index is 12.2. The van der Waals surface area contributed by atoms with Crippen molar-refractivity contribution >= 4 is 17.2 Å². The van der Waals surface area contributed by atoms with E-state index >= 15 is 0 Å². The highest BCUT2D eigenvalue weighted by Crippen LogP contribution is 2.37. The van der Waals surface area contributed by atoms with Crippen LogP contribution in [0.15, 0.2) is 11.4 Å². The first-order valence-corrected chi connectivity index (χ1v) is 7.68. The molecular weight excluding hydrogens is 244 g/mol. The Morgan fingerprint density at radius 3 is 3.22 bits per heavy atom. The molecule has 2 fully saturated rings. The molecule has 1 aromatic rings. The van der Waals surface area contributed by atoms with E-state index in [0.717, 1.165) is 12.5 Å². The van der Waals surface area contributed by atoms with Gasteiger partial charge in [0.2, 0.25) is 5.91 Å². The van der Waals surface area contributed by atoms with E-state index in [-0.39, 0.29) is 11.9 Å². The highest BCUT2D eigenvalue weighted by Gasteiger charge is 2.42. The van der Waals surface area contributed by atoms with Crippen molar-refractivity contribution in [3.63, 3.8) is 0 Å². The largest absolute Gasteiger partial charge is 0.350 e. The van der Waals surface area contributed by atoms with Gasteiger partial charge in [0.15, 0.2) is 0 Å². The molecule has 3 unspecified atom stereocenters. The van der Waals surface area contributed by atoms with E-state index < -0.39 is 0 Å². The summed E-state index contributed by atoms with van der Waals surface area (Å²) >= 11 is 1.72. The van der Waals surface area contributed by atoms with Gasteiger partial charge in [0.1, 0.15) is 0 Å². The van der Waals surface area contributed by atoms with E-state index in [9.17, 15) is 4.79 Å². The molecular formula is C14H20N2OS. The lowest BCUT2D eigenvalue weighted by molar-refractivity contribution is -0.123. The second kappa shape index (κ2) is 5.02. The van der Waals surface area contributed by atoms with Gasteiger partial charge in [-0.2, -0.15) is 0 Å². The zero-order valence-electron chi connectivity index (χ0n) is 10.7. The van der Waals surface area contributed by atoms with Crippen LogP contribution in [0, 0.1) is 18.8 Å². The van der Waals surface area contributed by atoms with E-state index in [1.807, 2.05) is 0 Å². The van der Waals surface area contributed by atoms with Crippen molar-refractivity contribution in [2.45, 2.75) is 38.8 Å². The Morgan fingerprint density at radius 2 is 2.44 bits per heavy atom. The van der Waals surface area contributed by atoms with Gasteiger partial charge in [-0.1, -0.05) is 6.42 Å². The monoisotopic (exact) mass is 264 g/mol. The van der Waals surface area contributed by atoms with Crippen molar-refractivity contribution in [3.8, 4) is 0 Å². The zero-order chi connectivity index (χ0) is 12.5. The first-order valence-electron chi connectivity index (χ1n) is 6.80. The predicted molar refractivity (Wildman–Crippen MR) is 73.5 cm³/mol. The number of rotatable bonds is 3. The second-order valence-corrected chi connectivity index (χ2v) is 6.49. The Bertz CT molecular complexity index is 443. The van der Waals surface area contributed by atoms with Crippen LogP contribution in [0.2, 0.25) is 0 Å². The summed E-state index contributed by atoms with van der Waals surface area (Å²) in [6.45, 7) is 3.80. The molecule has 3 nitrogen and oxygen atoms in total. The molecule has 2 heterocycles. The molecule has 1 aliphatic carbocycles. The number of hydrogen-bond donors (Lipinski definition) is 2. The third kappa shape index (κ3) is 2.19. The van der Waals surface area contributed by atoms with Gasteiger partial charge < -0.3 is 10.6 Å². The summed E-state index contributed by atoms with van der Waals surface area (Å²) in [6, 6.07) is 2.16. The normalized spacial score (nSPS) is 30.4. The molecule has 0 aromatic carbocycles. The predicted octanol–water partition coefficient (Wildman–Crippen LogP) is 2.06. The summed E-state index contributed by atoms with van der Waals surface area (Å²) in [7, 11) is 0. The van der Waals surface area contributed by atoms with E-state index in [1.54, 1.807) is 11.3 Å². The lowest BCUT2D eigenvalue weighted by Crippen LogP contribution is -2.43. The second-order valence-electron chi connectivity index (χ2n) is 5.49. The van der Waals surface area contributed by atoms with Gasteiger partial charge in [-0.05, 0) is 55.2 Å². The Kier molecular flexibility index (Phi) is 3.39. The summed E-state index contributed by atoms with van der Waals surface area (Å²) < 4.78 is 0. The molecule has 4 heteroatoms. The first kappa shape index (κ1) is 12.2. The summed E-state index contributed by atoms with van der Waals surface area (Å²) in [4.78, 5) is 13.5. The molecule has 0 bridgehead atoms. The van der Waals surface area contributed by atoms with Crippen LogP contribution in [0.25, 0.3) is 0 Å². The number of carbonyl (C=O) groups is 1. The highest BCUT2D eigenvalue weighted by atomic mass is 32.1. The van der Waals surface area contributed by atoms with Gasteiger partial charge in [-0.25, -0.2) is 0 Å². The van der Waals surface area contributed by atoms with Crippen LogP contribution in [-0.2, 0) is 11.3 Å². The Morgan fingerprint density at radius 1 is 1.56 bits per heavy atom. The molecule has 1 aliphatic heterocycles. The quantitative estimate of drug-likeness (QED) is 0.877. The van der Waals surface area contributed by atoms with Crippen molar-refractivity contribution in [1.82, 2.24) is 10.6 Å². The van der Waals surface area contributed by atoms with Crippen molar-refractivity contribution in [2.75, 3.05) is 6.54 Å². The fourth-order valence-corrected chi connectivity index (χ4v) is 4.18. The van der Waals surface area contributed by atoms with Gasteiger partial charge >= 0.3 is 0 Å². The van der Waals surface area contributed by atoms with Gasteiger partial charge in [-0.15, -0.1) is 11.3 Å². The number of thiophene rings is 1. The number of amides is 1. The summed E-state index contributed by atoms with van der Waals surface area (Å²) in [6.07, 6.45) is 3.81. The van der Waals surface area contributed by atoms with Crippen LogP contribution in [-0.4, -0.2) is 18.5 Å².